The molecule has 7 rings (SSSR count). The van der Waals surface area contributed by atoms with Gasteiger partial charge in [-0.25, -0.2) is 5.01 Å². The van der Waals surface area contributed by atoms with Crippen LogP contribution in [-0.2, 0) is 9.59 Å². The van der Waals surface area contributed by atoms with E-state index in [9.17, 15) is 29.3 Å². The average Bonchev–Trinajstić information content (AvgIpc) is 3.67. The van der Waals surface area contributed by atoms with Crippen molar-refractivity contribution in [2.45, 2.75) is 6.42 Å². The molecule has 0 spiro atoms. The Labute approximate surface area is 220 Å². The number of carbonyl (C=O) groups excluding carboxylic acids is 4. The molecule has 0 N–H and O–H groups in total. The van der Waals surface area contributed by atoms with E-state index in [-0.39, 0.29) is 38.7 Å². The first-order valence-corrected chi connectivity index (χ1v) is 12.5. The highest BCUT2D eigenvalue weighted by Crippen LogP contribution is 2.65. The van der Waals surface area contributed by atoms with Crippen molar-refractivity contribution in [2.24, 2.45) is 35.5 Å². The lowest BCUT2D eigenvalue weighted by Gasteiger charge is -2.37. The van der Waals surface area contributed by atoms with Crippen LogP contribution in [0.1, 0.15) is 27.1 Å². The maximum atomic E-state index is 13.7. The van der Waals surface area contributed by atoms with Gasteiger partial charge in [0.1, 0.15) is 6.54 Å². The van der Waals surface area contributed by atoms with Gasteiger partial charge in [0.2, 0.25) is 0 Å². The normalized spacial score (nSPS) is 28.6. The monoisotopic (exact) mass is 539 g/mol. The fourth-order valence-corrected chi connectivity index (χ4v) is 6.49. The summed E-state index contributed by atoms with van der Waals surface area (Å²) < 4.78 is 0. The number of hydrogen-bond acceptors (Lipinski definition) is 6. The Morgan fingerprint density at radius 3 is 2.03 bits per heavy atom. The molecule has 2 aromatic rings. The van der Waals surface area contributed by atoms with Gasteiger partial charge < -0.3 is 0 Å². The molecule has 1 heterocycles. The van der Waals surface area contributed by atoms with Crippen molar-refractivity contribution >= 4 is 52.4 Å². The van der Waals surface area contributed by atoms with Gasteiger partial charge in [0, 0.05) is 23.3 Å². The summed E-state index contributed by atoms with van der Waals surface area (Å²) in [6.07, 6.45) is 5.02. The fourth-order valence-electron chi connectivity index (χ4n) is 6.19. The van der Waals surface area contributed by atoms with Crippen molar-refractivity contribution in [3.05, 3.63) is 85.9 Å². The number of imide groups is 1. The van der Waals surface area contributed by atoms with Crippen molar-refractivity contribution in [1.29, 1.82) is 0 Å². The molecule has 5 aliphatic rings. The van der Waals surface area contributed by atoms with E-state index in [4.69, 9.17) is 23.2 Å². The Morgan fingerprint density at radius 2 is 1.49 bits per heavy atom. The number of nitro groups is 1. The minimum Gasteiger partial charge on any atom is -0.292 e. The highest BCUT2D eigenvalue weighted by Gasteiger charge is 2.68. The Hall–Kier alpha value is -3.56. The summed E-state index contributed by atoms with van der Waals surface area (Å²) in [5, 5.41) is 13.0. The van der Waals surface area contributed by atoms with Crippen LogP contribution < -0.4 is 0 Å². The van der Waals surface area contributed by atoms with Crippen LogP contribution in [0.3, 0.4) is 0 Å². The third kappa shape index (κ3) is 3.67. The second-order valence-corrected chi connectivity index (χ2v) is 10.7. The molecule has 2 saturated carbocycles. The Balaban J connectivity index is 1.35. The molecule has 2 bridgehead atoms. The zero-order chi connectivity index (χ0) is 26.2. The van der Waals surface area contributed by atoms with Gasteiger partial charge in [-0.2, -0.15) is 5.01 Å². The number of halogens is 2. The van der Waals surface area contributed by atoms with Crippen molar-refractivity contribution < 1.29 is 24.1 Å². The number of hydrazine groups is 1. The zero-order valence-corrected chi connectivity index (χ0v) is 20.6. The first kappa shape index (κ1) is 23.8. The molecular weight excluding hydrogens is 521 g/mol. The molecule has 3 amide bonds. The van der Waals surface area contributed by atoms with Crippen LogP contribution in [0.4, 0.5) is 5.69 Å². The number of benzene rings is 2. The number of allylic oxidation sites excluding steroid dienone is 2. The molecule has 9 nitrogen and oxygen atoms in total. The summed E-state index contributed by atoms with van der Waals surface area (Å²) in [6.45, 7) is -0.622. The van der Waals surface area contributed by atoms with Gasteiger partial charge in [0.15, 0.2) is 5.78 Å². The number of Topliss-reactive ketones (excluding diaryl/α,β-unsaturated/α-hetero) is 1. The molecule has 0 unspecified atom stereocenters. The van der Waals surface area contributed by atoms with E-state index < -0.39 is 46.8 Å². The first-order valence-electron chi connectivity index (χ1n) is 11.8. The number of amides is 3. The Bertz CT molecular complexity index is 1390. The standard InChI is InChI=1S/C26H19Cl2N3O6/c27-19-8-3-13(9-20(19)28)24(33)29(11-21(32)12-1-4-14(5-2-12)31(36)37)30-25(34)22-15-6-7-16(18-10-17(15)18)23(22)26(30)35/h1-9,15-18,22-23H,10-11H2/t15-,16-,17-,18+,22+,23+/m1/s1. The van der Waals surface area contributed by atoms with Crippen LogP contribution in [0.2, 0.25) is 10.0 Å². The van der Waals surface area contributed by atoms with Gasteiger partial charge in [0.05, 0.1) is 26.8 Å². The summed E-state index contributed by atoms with van der Waals surface area (Å²) in [6, 6.07) is 9.02. The first-order chi connectivity index (χ1) is 17.7. The summed E-state index contributed by atoms with van der Waals surface area (Å²) in [5.74, 6) is -2.86. The van der Waals surface area contributed by atoms with Gasteiger partial charge in [-0.15, -0.1) is 0 Å². The number of nitro benzene ring substituents is 1. The molecule has 188 valence electrons. The summed E-state index contributed by atoms with van der Waals surface area (Å²) in [5.41, 5.74) is -0.0573. The molecule has 1 aliphatic heterocycles. The smallest absolute Gasteiger partial charge is 0.273 e. The van der Waals surface area contributed by atoms with E-state index in [2.05, 4.69) is 0 Å². The Morgan fingerprint density at radius 1 is 0.919 bits per heavy atom. The van der Waals surface area contributed by atoms with Crippen molar-refractivity contribution in [2.75, 3.05) is 6.54 Å². The predicted molar refractivity (Wildman–Crippen MR) is 131 cm³/mol. The SMILES string of the molecule is O=C(CN(C(=O)c1ccc(Cl)c(Cl)c1)N1C(=O)[C@H]2[C@@H]3C=C[C@H]([C@@H]4C[C@H]34)[C@@H]2C1=O)c1ccc([N+](=O)[O-])cc1. The number of rotatable bonds is 6. The fraction of sp³-hybridized carbons (Fsp3) is 0.308. The summed E-state index contributed by atoms with van der Waals surface area (Å²) >= 11 is 12.1. The number of carbonyl (C=O) groups is 4. The largest absolute Gasteiger partial charge is 0.292 e. The molecule has 6 atom stereocenters. The van der Waals surface area contributed by atoms with Gasteiger partial charge in [-0.05, 0) is 60.4 Å². The predicted octanol–water partition coefficient (Wildman–Crippen LogP) is 4.19. The van der Waals surface area contributed by atoms with Crippen LogP contribution >= 0.6 is 23.2 Å². The van der Waals surface area contributed by atoms with E-state index in [0.717, 1.165) is 16.4 Å². The van der Waals surface area contributed by atoms with Gasteiger partial charge in [-0.3, -0.25) is 29.3 Å². The maximum Gasteiger partial charge on any atom is 0.273 e. The molecule has 1 saturated heterocycles. The van der Waals surface area contributed by atoms with E-state index in [1.165, 1.54) is 42.5 Å². The van der Waals surface area contributed by atoms with E-state index in [1.54, 1.807) is 0 Å². The lowest BCUT2D eigenvalue weighted by molar-refractivity contribution is -0.384. The van der Waals surface area contributed by atoms with E-state index in [1.807, 2.05) is 12.2 Å². The molecule has 0 radical (unpaired) electrons. The second-order valence-electron chi connectivity index (χ2n) is 9.86. The molecule has 3 fully saturated rings. The van der Waals surface area contributed by atoms with Crippen molar-refractivity contribution in [3.8, 4) is 0 Å². The topological polar surface area (TPSA) is 118 Å². The maximum absolute atomic E-state index is 13.7. The summed E-state index contributed by atoms with van der Waals surface area (Å²) in [4.78, 5) is 64.6. The highest BCUT2D eigenvalue weighted by atomic mass is 35.5. The van der Waals surface area contributed by atoms with Crippen molar-refractivity contribution in [3.63, 3.8) is 0 Å². The lowest BCUT2D eigenvalue weighted by atomic mass is 9.63. The number of nitrogens with zero attached hydrogens (tertiary/aromatic N) is 3. The lowest BCUT2D eigenvalue weighted by Crippen LogP contribution is -2.52. The number of ketones is 1. The van der Waals surface area contributed by atoms with Crippen LogP contribution in [0.25, 0.3) is 0 Å². The van der Waals surface area contributed by atoms with Gasteiger partial charge >= 0.3 is 0 Å². The van der Waals surface area contributed by atoms with Crippen LogP contribution in [0.5, 0.6) is 0 Å². The molecule has 0 aromatic heterocycles. The molecule has 4 aliphatic carbocycles. The van der Waals surface area contributed by atoms with Crippen LogP contribution in [0, 0.1) is 45.6 Å². The van der Waals surface area contributed by atoms with Gasteiger partial charge in [-0.1, -0.05) is 35.4 Å². The molecule has 2 aromatic carbocycles. The van der Waals surface area contributed by atoms with Crippen LogP contribution in [0.15, 0.2) is 54.6 Å². The number of hydrogen-bond donors (Lipinski definition) is 0. The van der Waals surface area contributed by atoms with Crippen LogP contribution in [-0.4, -0.2) is 45.0 Å². The van der Waals surface area contributed by atoms with E-state index >= 15 is 0 Å². The molecule has 37 heavy (non-hydrogen) atoms. The average molecular weight is 540 g/mol. The number of non-ortho nitro benzene ring substituents is 1. The highest BCUT2D eigenvalue weighted by molar-refractivity contribution is 6.42. The molecular formula is C26H19Cl2N3O6. The van der Waals surface area contributed by atoms with Crippen molar-refractivity contribution in [1.82, 2.24) is 10.0 Å². The zero-order valence-electron chi connectivity index (χ0n) is 19.1. The van der Waals surface area contributed by atoms with E-state index in [0.29, 0.717) is 11.8 Å². The summed E-state index contributed by atoms with van der Waals surface area (Å²) in [7, 11) is 0. The second kappa shape index (κ2) is 8.49. The molecule has 11 heteroatoms. The third-order valence-electron chi connectivity index (χ3n) is 7.98. The Kier molecular flexibility index (Phi) is 5.47. The minimum absolute atomic E-state index is 0.0466. The minimum atomic E-state index is -0.764. The quantitative estimate of drug-likeness (QED) is 0.178. The third-order valence-corrected chi connectivity index (χ3v) is 8.71. The van der Waals surface area contributed by atoms with Gasteiger partial charge in [0.25, 0.3) is 23.4 Å².